The van der Waals surface area contributed by atoms with Crippen LogP contribution in [0.25, 0.3) is 0 Å². The first-order chi connectivity index (χ1) is 7.18. The largest absolute Gasteiger partial charge is 0.288 e. The van der Waals surface area contributed by atoms with Gasteiger partial charge in [0.25, 0.3) is 0 Å². The summed E-state index contributed by atoms with van der Waals surface area (Å²) in [5, 5.41) is 0.921. The highest BCUT2D eigenvalue weighted by Crippen LogP contribution is 2.20. The van der Waals surface area contributed by atoms with E-state index in [2.05, 4.69) is 27.6 Å². The minimum atomic E-state index is 0.0607. The van der Waals surface area contributed by atoms with E-state index in [-0.39, 0.29) is 5.78 Å². The second-order valence-corrected chi connectivity index (χ2v) is 5.45. The molecule has 0 bridgehead atoms. The number of ketones is 1. The number of hydrogen-bond acceptors (Lipinski definition) is 3. The predicted molar refractivity (Wildman–Crippen MR) is 69.4 cm³/mol. The summed E-state index contributed by atoms with van der Waals surface area (Å²) in [4.78, 5) is 16.8. The second-order valence-electron chi connectivity index (χ2n) is 3.05. The summed E-state index contributed by atoms with van der Waals surface area (Å²) < 4.78 is 0.978. The topological polar surface area (TPSA) is 30.0 Å². The number of hydrogen-bond donors (Lipinski definition) is 0. The molecule has 0 aliphatic heterocycles. The third kappa shape index (κ3) is 2.26. The van der Waals surface area contributed by atoms with Gasteiger partial charge in [-0.2, -0.15) is 0 Å². The SMILES string of the molecule is Cc1ncc(C(=O)c2ccccc2I)s1. The summed E-state index contributed by atoms with van der Waals surface area (Å²) in [6, 6.07) is 7.58. The van der Waals surface area contributed by atoms with Gasteiger partial charge in [0.2, 0.25) is 5.78 Å². The van der Waals surface area contributed by atoms with Crippen LogP contribution in [0.5, 0.6) is 0 Å². The molecule has 2 rings (SSSR count). The van der Waals surface area contributed by atoms with Gasteiger partial charge in [0, 0.05) is 15.3 Å². The molecule has 4 heteroatoms. The van der Waals surface area contributed by atoms with Gasteiger partial charge >= 0.3 is 0 Å². The average Bonchev–Trinajstić information content (AvgIpc) is 2.65. The van der Waals surface area contributed by atoms with Crippen molar-refractivity contribution in [2.24, 2.45) is 0 Å². The van der Waals surface area contributed by atoms with E-state index in [0.29, 0.717) is 4.88 Å². The molecule has 0 saturated heterocycles. The molecule has 1 heterocycles. The van der Waals surface area contributed by atoms with Crippen LogP contribution in [-0.2, 0) is 0 Å². The molecule has 0 N–H and O–H groups in total. The number of carbonyl (C=O) groups is 1. The van der Waals surface area contributed by atoms with Gasteiger partial charge < -0.3 is 0 Å². The lowest BCUT2D eigenvalue weighted by molar-refractivity contribution is 0.104. The number of carbonyl (C=O) groups excluding carboxylic acids is 1. The number of rotatable bonds is 2. The van der Waals surface area contributed by atoms with Crippen LogP contribution < -0.4 is 0 Å². The third-order valence-corrected chi connectivity index (χ3v) is 3.82. The fourth-order valence-corrected chi connectivity index (χ4v) is 2.61. The summed E-state index contributed by atoms with van der Waals surface area (Å²) in [7, 11) is 0. The van der Waals surface area contributed by atoms with Gasteiger partial charge in [-0.15, -0.1) is 11.3 Å². The quantitative estimate of drug-likeness (QED) is 0.625. The maximum Gasteiger partial charge on any atom is 0.205 e. The Balaban J connectivity index is 2.41. The van der Waals surface area contributed by atoms with Crippen LogP contribution in [-0.4, -0.2) is 10.8 Å². The zero-order chi connectivity index (χ0) is 10.8. The van der Waals surface area contributed by atoms with Crippen LogP contribution in [0, 0.1) is 10.5 Å². The first-order valence-corrected chi connectivity index (χ1v) is 6.29. The molecule has 2 aromatic rings. The van der Waals surface area contributed by atoms with Crippen LogP contribution in [0.15, 0.2) is 30.5 Å². The van der Waals surface area contributed by atoms with Gasteiger partial charge in [-0.1, -0.05) is 12.1 Å². The second kappa shape index (κ2) is 4.40. The van der Waals surface area contributed by atoms with Gasteiger partial charge in [-0.05, 0) is 41.6 Å². The molecular formula is C11H8INOS. The number of nitrogens with zero attached hydrogens (tertiary/aromatic N) is 1. The Bertz CT molecular complexity index is 507. The van der Waals surface area contributed by atoms with Crippen LogP contribution in [0.2, 0.25) is 0 Å². The van der Waals surface area contributed by atoms with Crippen LogP contribution in [0.4, 0.5) is 0 Å². The van der Waals surface area contributed by atoms with Gasteiger partial charge in [-0.3, -0.25) is 4.79 Å². The Morgan fingerprint density at radius 1 is 1.40 bits per heavy atom. The van der Waals surface area contributed by atoms with Crippen molar-refractivity contribution in [1.82, 2.24) is 4.98 Å². The molecule has 15 heavy (non-hydrogen) atoms. The molecule has 0 aliphatic rings. The van der Waals surface area contributed by atoms with Crippen molar-refractivity contribution < 1.29 is 4.79 Å². The molecule has 0 aliphatic carbocycles. The number of aryl methyl sites for hydroxylation is 1. The Labute approximate surface area is 106 Å². The van der Waals surface area contributed by atoms with Crippen molar-refractivity contribution in [2.75, 3.05) is 0 Å². The van der Waals surface area contributed by atoms with E-state index in [1.807, 2.05) is 31.2 Å². The number of benzene rings is 1. The first kappa shape index (κ1) is 10.8. The van der Waals surface area contributed by atoms with Crippen molar-refractivity contribution in [3.8, 4) is 0 Å². The fraction of sp³-hybridized carbons (Fsp3) is 0.0909. The lowest BCUT2D eigenvalue weighted by Crippen LogP contribution is -2.00. The van der Waals surface area contributed by atoms with Crippen LogP contribution >= 0.6 is 33.9 Å². The Morgan fingerprint density at radius 2 is 2.13 bits per heavy atom. The summed E-state index contributed by atoms with van der Waals surface area (Å²) in [5.74, 6) is 0.0607. The lowest BCUT2D eigenvalue weighted by Gasteiger charge is -1.99. The van der Waals surface area contributed by atoms with E-state index in [1.165, 1.54) is 11.3 Å². The zero-order valence-electron chi connectivity index (χ0n) is 8.03. The summed E-state index contributed by atoms with van der Waals surface area (Å²) in [6.07, 6.45) is 1.64. The Kier molecular flexibility index (Phi) is 3.16. The molecule has 0 saturated carbocycles. The van der Waals surface area contributed by atoms with Crippen molar-refractivity contribution in [1.29, 1.82) is 0 Å². The number of thiazole rings is 1. The molecule has 0 spiro atoms. The van der Waals surface area contributed by atoms with E-state index >= 15 is 0 Å². The highest BCUT2D eigenvalue weighted by molar-refractivity contribution is 14.1. The van der Waals surface area contributed by atoms with Gasteiger partial charge in [0.05, 0.1) is 9.88 Å². The summed E-state index contributed by atoms with van der Waals surface area (Å²) in [5.41, 5.74) is 0.752. The van der Waals surface area contributed by atoms with E-state index in [9.17, 15) is 4.79 Å². The average molecular weight is 329 g/mol. The molecular weight excluding hydrogens is 321 g/mol. The molecule has 76 valence electrons. The van der Waals surface area contributed by atoms with Crippen molar-refractivity contribution in [3.63, 3.8) is 0 Å². The lowest BCUT2D eigenvalue weighted by atomic mass is 10.1. The molecule has 1 aromatic carbocycles. The van der Waals surface area contributed by atoms with Gasteiger partial charge in [0.15, 0.2) is 0 Å². The highest BCUT2D eigenvalue weighted by Gasteiger charge is 2.13. The summed E-state index contributed by atoms with van der Waals surface area (Å²) >= 11 is 3.61. The smallest absolute Gasteiger partial charge is 0.205 e. The monoisotopic (exact) mass is 329 g/mol. The number of halogens is 1. The maximum atomic E-state index is 12.0. The van der Waals surface area contributed by atoms with E-state index in [1.54, 1.807) is 6.20 Å². The standard InChI is InChI=1S/C11H8INOS/c1-7-13-6-10(15-7)11(14)8-4-2-3-5-9(8)12/h2-6H,1H3. The minimum absolute atomic E-state index is 0.0607. The Morgan fingerprint density at radius 3 is 2.73 bits per heavy atom. The predicted octanol–water partition coefficient (Wildman–Crippen LogP) is 3.29. The zero-order valence-corrected chi connectivity index (χ0v) is 11.0. The number of aromatic nitrogens is 1. The molecule has 0 atom stereocenters. The first-order valence-electron chi connectivity index (χ1n) is 4.40. The van der Waals surface area contributed by atoms with Gasteiger partial charge in [0.1, 0.15) is 0 Å². The highest BCUT2D eigenvalue weighted by atomic mass is 127. The van der Waals surface area contributed by atoms with Gasteiger partial charge in [-0.25, -0.2) is 4.98 Å². The van der Waals surface area contributed by atoms with Crippen molar-refractivity contribution >= 4 is 39.7 Å². The molecule has 0 radical (unpaired) electrons. The molecule has 1 aromatic heterocycles. The molecule has 0 unspecified atom stereocenters. The van der Waals surface area contributed by atoms with E-state index in [0.717, 1.165) is 14.1 Å². The fourth-order valence-electron chi connectivity index (χ4n) is 1.24. The van der Waals surface area contributed by atoms with Crippen molar-refractivity contribution in [2.45, 2.75) is 6.92 Å². The van der Waals surface area contributed by atoms with E-state index in [4.69, 9.17) is 0 Å². The summed E-state index contributed by atoms with van der Waals surface area (Å²) in [6.45, 7) is 1.90. The minimum Gasteiger partial charge on any atom is -0.288 e. The normalized spacial score (nSPS) is 10.3. The third-order valence-electron chi connectivity index (χ3n) is 1.96. The van der Waals surface area contributed by atoms with Crippen LogP contribution in [0.3, 0.4) is 0 Å². The molecule has 0 fully saturated rings. The molecule has 2 nitrogen and oxygen atoms in total. The molecule has 0 amide bonds. The maximum absolute atomic E-state index is 12.0. The van der Waals surface area contributed by atoms with E-state index < -0.39 is 0 Å². The Hall–Kier alpha value is -0.750. The van der Waals surface area contributed by atoms with Crippen LogP contribution in [0.1, 0.15) is 20.2 Å². The van der Waals surface area contributed by atoms with Crippen molar-refractivity contribution in [3.05, 3.63) is 49.5 Å².